The molecule has 0 bridgehead atoms. The van der Waals surface area contributed by atoms with E-state index in [0.717, 1.165) is 11.3 Å². The Morgan fingerprint density at radius 2 is 1.74 bits per heavy atom. The summed E-state index contributed by atoms with van der Waals surface area (Å²) in [5.41, 5.74) is 2.60. The predicted octanol–water partition coefficient (Wildman–Crippen LogP) is 3.71. The molecule has 1 heterocycles. The summed E-state index contributed by atoms with van der Waals surface area (Å²) >= 11 is 0. The third-order valence-corrected chi connectivity index (χ3v) is 4.59. The zero-order valence-corrected chi connectivity index (χ0v) is 18.0. The molecule has 5 nitrogen and oxygen atoms in total. The summed E-state index contributed by atoms with van der Waals surface area (Å²) < 4.78 is 5.35. The average molecular weight is 481 g/mol. The van der Waals surface area contributed by atoms with Crippen molar-refractivity contribution in [2.45, 2.75) is 31.9 Å². The maximum atomic E-state index is 10.7. The van der Waals surface area contributed by atoms with E-state index in [1.54, 1.807) is 0 Å². The fourth-order valence-corrected chi connectivity index (χ4v) is 2.84. The first-order valence-electron chi connectivity index (χ1n) is 9.09. The summed E-state index contributed by atoms with van der Waals surface area (Å²) in [6.07, 6.45) is 1.27. The second-order valence-corrected chi connectivity index (χ2v) is 6.83. The van der Waals surface area contributed by atoms with E-state index in [1.807, 2.05) is 30.3 Å². The van der Waals surface area contributed by atoms with Gasteiger partial charge in [0.1, 0.15) is 0 Å². The molecule has 0 saturated carbocycles. The van der Waals surface area contributed by atoms with E-state index in [4.69, 9.17) is 4.74 Å². The van der Waals surface area contributed by atoms with Crippen molar-refractivity contribution in [3.63, 3.8) is 0 Å². The Kier molecular flexibility index (Phi) is 8.53. The van der Waals surface area contributed by atoms with Crippen molar-refractivity contribution >= 4 is 35.6 Å². The molecule has 1 fully saturated rings. The summed E-state index contributed by atoms with van der Waals surface area (Å²) in [5, 5.41) is 17.3. The van der Waals surface area contributed by atoms with Crippen LogP contribution >= 0.6 is 24.0 Å². The van der Waals surface area contributed by atoms with Gasteiger partial charge in [-0.05, 0) is 24.6 Å². The van der Waals surface area contributed by atoms with Crippen molar-refractivity contribution in [3.05, 3.63) is 65.7 Å². The van der Waals surface area contributed by atoms with E-state index in [9.17, 15) is 5.11 Å². The van der Waals surface area contributed by atoms with Gasteiger partial charge in [-0.15, -0.1) is 24.0 Å². The number of ether oxygens (including phenoxy) is 1. The standard InChI is InChI=1S/C21H27N3O2.HI/c1-17-7-9-18(10-8-17)15-22-20(24-19-5-3-2-4-6-19)23-16-21(25)11-13-26-14-12-21;/h2-10,25H,11-16H2,1H3,(H2,22,23,24);1H. The Morgan fingerprint density at radius 1 is 1.07 bits per heavy atom. The molecule has 0 unspecified atom stereocenters. The number of nitrogens with zero attached hydrogens (tertiary/aromatic N) is 1. The van der Waals surface area contributed by atoms with Crippen LogP contribution in [0.5, 0.6) is 0 Å². The van der Waals surface area contributed by atoms with E-state index >= 15 is 0 Å². The molecule has 2 aromatic carbocycles. The van der Waals surface area contributed by atoms with Crippen molar-refractivity contribution in [1.29, 1.82) is 0 Å². The summed E-state index contributed by atoms with van der Waals surface area (Å²) in [7, 11) is 0. The number of rotatable bonds is 5. The lowest BCUT2D eigenvalue weighted by atomic mass is 9.94. The van der Waals surface area contributed by atoms with Crippen LogP contribution in [0.15, 0.2) is 59.6 Å². The Hall–Kier alpha value is -1.64. The van der Waals surface area contributed by atoms with Crippen LogP contribution < -0.4 is 10.6 Å². The molecule has 27 heavy (non-hydrogen) atoms. The molecule has 0 spiro atoms. The molecule has 6 heteroatoms. The number of para-hydroxylation sites is 1. The summed E-state index contributed by atoms with van der Waals surface area (Å²) in [6.45, 7) is 4.29. The van der Waals surface area contributed by atoms with Crippen molar-refractivity contribution in [3.8, 4) is 0 Å². The molecule has 146 valence electrons. The van der Waals surface area contributed by atoms with Gasteiger partial charge in [-0.25, -0.2) is 4.99 Å². The van der Waals surface area contributed by atoms with Crippen molar-refractivity contribution in [2.75, 3.05) is 25.1 Å². The van der Waals surface area contributed by atoms with Gasteiger partial charge in [0.15, 0.2) is 5.96 Å². The quantitative estimate of drug-likeness (QED) is 0.346. The van der Waals surface area contributed by atoms with E-state index in [2.05, 4.69) is 46.8 Å². The molecule has 0 amide bonds. The fraction of sp³-hybridized carbons (Fsp3) is 0.381. The number of halogens is 1. The number of aliphatic hydroxyl groups is 1. The van der Waals surface area contributed by atoms with Crippen LogP contribution in [0.25, 0.3) is 0 Å². The Labute approximate surface area is 178 Å². The lowest BCUT2D eigenvalue weighted by Crippen LogP contribution is -2.48. The molecule has 2 aromatic rings. The first-order valence-corrected chi connectivity index (χ1v) is 9.09. The number of benzene rings is 2. The molecular formula is C21H28IN3O2. The highest BCUT2D eigenvalue weighted by atomic mass is 127. The zero-order valence-electron chi connectivity index (χ0n) is 15.6. The molecule has 0 aromatic heterocycles. The third kappa shape index (κ3) is 7.12. The van der Waals surface area contributed by atoms with E-state index in [0.29, 0.717) is 45.1 Å². The molecule has 0 aliphatic carbocycles. The van der Waals surface area contributed by atoms with Gasteiger partial charge < -0.3 is 20.5 Å². The Bertz CT molecular complexity index is 714. The molecule has 1 saturated heterocycles. The smallest absolute Gasteiger partial charge is 0.196 e. The lowest BCUT2D eigenvalue weighted by Gasteiger charge is -2.32. The van der Waals surface area contributed by atoms with Gasteiger partial charge >= 0.3 is 0 Å². The van der Waals surface area contributed by atoms with Crippen LogP contribution in [-0.2, 0) is 11.3 Å². The first-order chi connectivity index (χ1) is 12.6. The SMILES string of the molecule is Cc1ccc(CN=C(NCC2(O)CCOCC2)Nc2ccccc2)cc1.I. The Balaban J connectivity index is 0.00000261. The molecule has 0 radical (unpaired) electrons. The van der Waals surface area contributed by atoms with Crippen LogP contribution in [0, 0.1) is 6.92 Å². The molecule has 0 atom stereocenters. The number of aryl methyl sites for hydroxylation is 1. The minimum atomic E-state index is -0.749. The average Bonchev–Trinajstić information content (AvgIpc) is 2.67. The van der Waals surface area contributed by atoms with Crippen LogP contribution in [0.2, 0.25) is 0 Å². The topological polar surface area (TPSA) is 65.9 Å². The molecule has 3 N–H and O–H groups in total. The van der Waals surface area contributed by atoms with E-state index in [-0.39, 0.29) is 24.0 Å². The van der Waals surface area contributed by atoms with Crippen LogP contribution in [-0.4, -0.2) is 36.4 Å². The first kappa shape index (κ1) is 21.7. The van der Waals surface area contributed by atoms with Crippen LogP contribution in [0.4, 0.5) is 5.69 Å². The van der Waals surface area contributed by atoms with Crippen molar-refractivity contribution < 1.29 is 9.84 Å². The monoisotopic (exact) mass is 481 g/mol. The molecular weight excluding hydrogens is 453 g/mol. The van der Waals surface area contributed by atoms with E-state index in [1.165, 1.54) is 5.56 Å². The largest absolute Gasteiger partial charge is 0.388 e. The van der Waals surface area contributed by atoms with Gasteiger partial charge in [0.2, 0.25) is 0 Å². The van der Waals surface area contributed by atoms with Gasteiger partial charge in [0.05, 0.1) is 12.1 Å². The number of anilines is 1. The lowest BCUT2D eigenvalue weighted by molar-refractivity contribution is -0.0593. The number of hydrogen-bond donors (Lipinski definition) is 3. The normalized spacial score (nSPS) is 16.3. The highest BCUT2D eigenvalue weighted by Gasteiger charge is 2.29. The maximum Gasteiger partial charge on any atom is 0.196 e. The third-order valence-electron chi connectivity index (χ3n) is 4.59. The van der Waals surface area contributed by atoms with Crippen LogP contribution in [0.3, 0.4) is 0 Å². The van der Waals surface area contributed by atoms with Gasteiger partial charge in [-0.2, -0.15) is 0 Å². The second kappa shape index (κ2) is 10.6. The minimum Gasteiger partial charge on any atom is -0.388 e. The highest BCUT2D eigenvalue weighted by Crippen LogP contribution is 2.19. The number of nitrogens with one attached hydrogen (secondary N) is 2. The maximum absolute atomic E-state index is 10.7. The second-order valence-electron chi connectivity index (χ2n) is 6.83. The highest BCUT2D eigenvalue weighted by molar-refractivity contribution is 14.0. The summed E-state index contributed by atoms with van der Waals surface area (Å²) in [5.74, 6) is 0.664. The zero-order chi connectivity index (χ0) is 18.2. The van der Waals surface area contributed by atoms with Crippen molar-refractivity contribution in [2.24, 2.45) is 4.99 Å². The minimum absolute atomic E-state index is 0. The van der Waals surface area contributed by atoms with Gasteiger partial charge in [-0.1, -0.05) is 48.0 Å². The summed E-state index contributed by atoms with van der Waals surface area (Å²) in [6, 6.07) is 18.3. The number of hydrogen-bond acceptors (Lipinski definition) is 3. The molecule has 1 aliphatic heterocycles. The van der Waals surface area contributed by atoms with Crippen LogP contribution in [0.1, 0.15) is 24.0 Å². The number of guanidine groups is 1. The number of aliphatic imine (C=N–C) groups is 1. The Morgan fingerprint density at radius 3 is 2.41 bits per heavy atom. The van der Waals surface area contributed by atoms with Gasteiger partial charge in [-0.3, -0.25) is 0 Å². The van der Waals surface area contributed by atoms with Crippen molar-refractivity contribution in [1.82, 2.24) is 5.32 Å². The van der Waals surface area contributed by atoms with Gasteiger partial charge in [0.25, 0.3) is 0 Å². The molecule has 3 rings (SSSR count). The molecule has 1 aliphatic rings. The summed E-state index contributed by atoms with van der Waals surface area (Å²) in [4.78, 5) is 4.69. The predicted molar refractivity (Wildman–Crippen MR) is 121 cm³/mol. The fourth-order valence-electron chi connectivity index (χ4n) is 2.84. The van der Waals surface area contributed by atoms with E-state index < -0.39 is 5.60 Å². The van der Waals surface area contributed by atoms with Gasteiger partial charge in [0, 0.05) is 38.3 Å².